The molecule has 0 fully saturated rings. The molecule has 0 unspecified atom stereocenters. The molecule has 0 spiro atoms. The average Bonchev–Trinajstić information content (AvgIpc) is 1.85. The van der Waals surface area contributed by atoms with E-state index in [0.717, 1.165) is 0 Å². The van der Waals surface area contributed by atoms with E-state index in [1.807, 2.05) is 0 Å². The number of hydrogen-bond donors (Lipinski definition) is 1. The number of aromatic nitrogens is 2. The molecule has 0 aliphatic carbocycles. The largest absolute Gasteiger partial charge is 0.389 e. The van der Waals surface area contributed by atoms with E-state index in [4.69, 9.17) is 28.3 Å². The number of nitrogens with zero attached hydrogens (tertiary/aromatic N) is 2. The van der Waals surface area contributed by atoms with Crippen LogP contribution < -0.4 is 0 Å². The summed E-state index contributed by atoms with van der Waals surface area (Å²) in [5.41, 5.74) is 0.420. The van der Waals surface area contributed by atoms with Gasteiger partial charge in [-0.25, -0.2) is 0 Å². The van der Waals surface area contributed by atoms with Crippen LogP contribution in [0.1, 0.15) is 18.6 Å². The zero-order chi connectivity index (χ0) is 8.43. The summed E-state index contributed by atoms with van der Waals surface area (Å²) < 4.78 is 0. The van der Waals surface area contributed by atoms with Crippen molar-refractivity contribution in [2.24, 2.45) is 0 Å². The Hall–Kier alpha value is -0.380. The molecule has 1 atom stereocenters. The molecular formula is C6H6Cl2N2O. The van der Waals surface area contributed by atoms with E-state index >= 15 is 0 Å². The molecule has 0 aliphatic rings. The molecule has 11 heavy (non-hydrogen) atoms. The normalized spacial score (nSPS) is 13.1. The molecule has 0 amide bonds. The Morgan fingerprint density at radius 1 is 1.55 bits per heavy atom. The van der Waals surface area contributed by atoms with Crippen LogP contribution in [0, 0.1) is 0 Å². The first-order chi connectivity index (χ1) is 5.13. The van der Waals surface area contributed by atoms with E-state index in [-0.39, 0.29) is 5.15 Å². The van der Waals surface area contributed by atoms with Crippen molar-refractivity contribution in [1.82, 2.24) is 10.2 Å². The van der Waals surface area contributed by atoms with E-state index in [0.29, 0.717) is 10.6 Å². The van der Waals surface area contributed by atoms with Crippen molar-refractivity contribution in [3.63, 3.8) is 0 Å². The Bertz CT molecular complexity index is 245. The average molecular weight is 193 g/mol. The number of aliphatic hydroxyl groups is 1. The lowest BCUT2D eigenvalue weighted by Gasteiger charge is -2.06. The number of aliphatic hydroxyl groups excluding tert-OH is 1. The van der Waals surface area contributed by atoms with E-state index in [1.165, 1.54) is 6.20 Å². The third-order valence-electron chi connectivity index (χ3n) is 1.21. The highest BCUT2D eigenvalue weighted by molar-refractivity contribution is 6.35. The summed E-state index contributed by atoms with van der Waals surface area (Å²) in [5.74, 6) is 0. The summed E-state index contributed by atoms with van der Waals surface area (Å²) in [4.78, 5) is 0. The molecule has 0 aromatic carbocycles. The molecule has 0 bridgehead atoms. The molecule has 1 aromatic rings. The summed E-state index contributed by atoms with van der Waals surface area (Å²) >= 11 is 11.3. The van der Waals surface area contributed by atoms with Gasteiger partial charge in [0.2, 0.25) is 0 Å². The molecule has 0 aliphatic heterocycles. The number of halogens is 2. The minimum atomic E-state index is -0.717. The lowest BCUT2D eigenvalue weighted by atomic mass is 10.2. The monoisotopic (exact) mass is 192 g/mol. The number of hydrogen-bond acceptors (Lipinski definition) is 3. The van der Waals surface area contributed by atoms with Gasteiger partial charge in [0.1, 0.15) is 0 Å². The van der Waals surface area contributed by atoms with Crippen LogP contribution in [-0.2, 0) is 0 Å². The van der Waals surface area contributed by atoms with Crippen LogP contribution in [0.5, 0.6) is 0 Å². The summed E-state index contributed by atoms with van der Waals surface area (Å²) in [6.07, 6.45) is 0.626. The smallest absolute Gasteiger partial charge is 0.158 e. The lowest BCUT2D eigenvalue weighted by molar-refractivity contribution is 0.199. The van der Waals surface area contributed by atoms with Crippen LogP contribution >= 0.6 is 23.2 Å². The first kappa shape index (κ1) is 8.71. The lowest BCUT2D eigenvalue weighted by Crippen LogP contribution is -1.97. The van der Waals surface area contributed by atoms with Crippen molar-refractivity contribution in [2.45, 2.75) is 13.0 Å². The van der Waals surface area contributed by atoms with Gasteiger partial charge in [0.25, 0.3) is 0 Å². The topological polar surface area (TPSA) is 46.0 Å². The van der Waals surface area contributed by atoms with Crippen LogP contribution in [0.2, 0.25) is 10.2 Å². The van der Waals surface area contributed by atoms with Crippen molar-refractivity contribution in [2.75, 3.05) is 0 Å². The highest BCUT2D eigenvalue weighted by Gasteiger charge is 2.11. The fourth-order valence-electron chi connectivity index (χ4n) is 0.724. The van der Waals surface area contributed by atoms with Crippen molar-refractivity contribution >= 4 is 23.2 Å². The first-order valence-corrected chi connectivity index (χ1v) is 3.73. The van der Waals surface area contributed by atoms with E-state index in [2.05, 4.69) is 10.2 Å². The second-order valence-corrected chi connectivity index (χ2v) is 2.84. The molecule has 1 aromatic heterocycles. The van der Waals surface area contributed by atoms with Crippen LogP contribution in [0.15, 0.2) is 6.20 Å². The molecular weight excluding hydrogens is 187 g/mol. The third kappa shape index (κ3) is 1.80. The van der Waals surface area contributed by atoms with Crippen molar-refractivity contribution in [3.8, 4) is 0 Å². The third-order valence-corrected chi connectivity index (χ3v) is 1.79. The Labute approximate surface area is 74.0 Å². The molecule has 1 N–H and O–H groups in total. The molecule has 1 rings (SSSR count). The van der Waals surface area contributed by atoms with Crippen LogP contribution in [0.3, 0.4) is 0 Å². The minimum absolute atomic E-state index is 0.146. The molecule has 3 nitrogen and oxygen atoms in total. The standard InChI is InChI=1S/C6H6Cl2N2O/c1-3(11)5-4(7)2-9-10-6(5)8/h2-3,11H,1H3/t3-/m1/s1. The van der Waals surface area contributed by atoms with Gasteiger partial charge in [-0.15, -0.1) is 5.10 Å². The number of rotatable bonds is 1. The molecule has 0 saturated heterocycles. The Balaban J connectivity index is 3.21. The van der Waals surface area contributed by atoms with Gasteiger partial charge in [0.15, 0.2) is 5.15 Å². The fraction of sp³-hybridized carbons (Fsp3) is 0.333. The summed E-state index contributed by atoms with van der Waals surface area (Å²) in [5, 5.41) is 16.7. The van der Waals surface area contributed by atoms with Crippen molar-refractivity contribution in [1.29, 1.82) is 0 Å². The second-order valence-electron chi connectivity index (χ2n) is 2.07. The van der Waals surface area contributed by atoms with Gasteiger partial charge >= 0.3 is 0 Å². The van der Waals surface area contributed by atoms with Crippen molar-refractivity contribution < 1.29 is 5.11 Å². The molecule has 60 valence electrons. The summed E-state index contributed by atoms with van der Waals surface area (Å²) in [7, 11) is 0. The Morgan fingerprint density at radius 3 is 2.55 bits per heavy atom. The Kier molecular flexibility index (Phi) is 2.65. The zero-order valence-electron chi connectivity index (χ0n) is 5.75. The minimum Gasteiger partial charge on any atom is -0.389 e. The summed E-state index contributed by atoms with van der Waals surface area (Å²) in [6, 6.07) is 0. The quantitative estimate of drug-likeness (QED) is 0.739. The van der Waals surface area contributed by atoms with Gasteiger partial charge in [-0.1, -0.05) is 23.2 Å². The highest BCUT2D eigenvalue weighted by atomic mass is 35.5. The highest BCUT2D eigenvalue weighted by Crippen LogP contribution is 2.26. The predicted molar refractivity (Wildman–Crippen MR) is 42.7 cm³/mol. The molecule has 0 radical (unpaired) electrons. The van der Waals surface area contributed by atoms with Gasteiger partial charge in [-0.05, 0) is 6.92 Å². The van der Waals surface area contributed by atoms with Gasteiger partial charge in [0, 0.05) is 5.56 Å². The van der Waals surface area contributed by atoms with Crippen LogP contribution in [-0.4, -0.2) is 15.3 Å². The molecule has 1 heterocycles. The van der Waals surface area contributed by atoms with Crippen LogP contribution in [0.25, 0.3) is 0 Å². The predicted octanol–water partition coefficient (Wildman–Crippen LogP) is 1.84. The van der Waals surface area contributed by atoms with Gasteiger partial charge in [-0.3, -0.25) is 0 Å². The maximum Gasteiger partial charge on any atom is 0.158 e. The molecule has 5 heteroatoms. The summed E-state index contributed by atoms with van der Waals surface area (Å²) in [6.45, 7) is 1.56. The van der Waals surface area contributed by atoms with E-state index in [1.54, 1.807) is 6.92 Å². The van der Waals surface area contributed by atoms with Gasteiger partial charge in [-0.2, -0.15) is 5.10 Å². The van der Waals surface area contributed by atoms with Crippen molar-refractivity contribution in [3.05, 3.63) is 21.9 Å². The van der Waals surface area contributed by atoms with Gasteiger partial charge in [0.05, 0.1) is 17.3 Å². The second kappa shape index (κ2) is 3.34. The van der Waals surface area contributed by atoms with Gasteiger partial charge < -0.3 is 5.11 Å². The van der Waals surface area contributed by atoms with E-state index in [9.17, 15) is 0 Å². The molecule has 0 saturated carbocycles. The van der Waals surface area contributed by atoms with E-state index < -0.39 is 6.10 Å². The van der Waals surface area contributed by atoms with Crippen LogP contribution in [0.4, 0.5) is 0 Å². The zero-order valence-corrected chi connectivity index (χ0v) is 7.26. The first-order valence-electron chi connectivity index (χ1n) is 2.97. The maximum absolute atomic E-state index is 9.15. The maximum atomic E-state index is 9.15. The SMILES string of the molecule is C[C@@H](O)c1c(Cl)cnnc1Cl. The fourth-order valence-corrected chi connectivity index (χ4v) is 1.37. The Morgan fingerprint density at radius 2 is 2.18 bits per heavy atom.